The molecule has 0 heterocycles. The van der Waals surface area contributed by atoms with Gasteiger partial charge in [-0.25, -0.2) is 5.43 Å². The molecule has 1 atom stereocenters. The fourth-order valence-electron chi connectivity index (χ4n) is 1.81. The third kappa shape index (κ3) is 5.00. The topological polar surface area (TPSA) is 70.9 Å². The van der Waals surface area contributed by atoms with Crippen LogP contribution < -0.4 is 10.2 Å². The summed E-state index contributed by atoms with van der Waals surface area (Å²) < 4.78 is 5.60. The van der Waals surface area contributed by atoms with Gasteiger partial charge < -0.3 is 9.84 Å². The highest BCUT2D eigenvalue weighted by Crippen LogP contribution is 2.22. The fourth-order valence-corrected chi connectivity index (χ4v) is 2.04. The van der Waals surface area contributed by atoms with E-state index in [1.165, 1.54) is 18.3 Å². The van der Waals surface area contributed by atoms with Crippen LogP contribution in [0.4, 0.5) is 0 Å². The summed E-state index contributed by atoms with van der Waals surface area (Å²) in [5.74, 6) is 0.403. The predicted molar refractivity (Wildman–Crippen MR) is 90.1 cm³/mol. The second-order valence-electron chi connectivity index (χ2n) is 5.00. The molecule has 0 saturated heterocycles. The van der Waals surface area contributed by atoms with Gasteiger partial charge >= 0.3 is 0 Å². The van der Waals surface area contributed by atoms with Gasteiger partial charge in [-0.2, -0.15) is 5.10 Å². The number of rotatable bonds is 5. The molecule has 120 valence electrons. The molecule has 2 N–H and O–H groups in total. The number of hydrogen-bond donors (Lipinski definition) is 2. The first kappa shape index (κ1) is 16.8. The molecule has 2 rings (SSSR count). The Hall–Kier alpha value is -2.53. The van der Waals surface area contributed by atoms with Crippen molar-refractivity contribution in [3.05, 3.63) is 58.6 Å². The van der Waals surface area contributed by atoms with Gasteiger partial charge in [0, 0.05) is 5.02 Å². The Bertz CT molecular complexity index is 714. The van der Waals surface area contributed by atoms with Crippen LogP contribution in [0.15, 0.2) is 47.6 Å². The minimum Gasteiger partial charge on any atom is -0.508 e. The van der Waals surface area contributed by atoms with Crippen LogP contribution in [0.2, 0.25) is 5.02 Å². The van der Waals surface area contributed by atoms with E-state index in [4.69, 9.17) is 16.3 Å². The van der Waals surface area contributed by atoms with Gasteiger partial charge in [0.2, 0.25) is 0 Å². The van der Waals surface area contributed by atoms with Gasteiger partial charge in [-0.1, -0.05) is 11.6 Å². The smallest absolute Gasteiger partial charge is 0.280 e. The molecular weight excluding hydrogens is 316 g/mol. The minimum absolute atomic E-state index is 0.173. The highest BCUT2D eigenvalue weighted by molar-refractivity contribution is 6.30. The van der Waals surface area contributed by atoms with E-state index >= 15 is 0 Å². The molecule has 5 nitrogen and oxygen atoms in total. The molecular formula is C17H17ClN2O3. The quantitative estimate of drug-likeness (QED) is 0.652. The van der Waals surface area contributed by atoms with Crippen LogP contribution in [-0.2, 0) is 4.79 Å². The number of hydrazone groups is 1. The second-order valence-corrected chi connectivity index (χ2v) is 5.43. The number of aryl methyl sites for hydroxylation is 1. The van der Waals surface area contributed by atoms with Crippen molar-refractivity contribution in [1.29, 1.82) is 0 Å². The SMILES string of the molecule is Cc1cc(Cl)ccc1O[C@H](C)C(=O)NN=Cc1ccc(O)cc1. The molecule has 0 radical (unpaired) electrons. The highest BCUT2D eigenvalue weighted by Gasteiger charge is 2.15. The molecule has 0 saturated carbocycles. The lowest BCUT2D eigenvalue weighted by Crippen LogP contribution is -2.33. The fraction of sp³-hybridized carbons (Fsp3) is 0.176. The number of nitrogens with zero attached hydrogens (tertiary/aromatic N) is 1. The zero-order valence-electron chi connectivity index (χ0n) is 12.8. The van der Waals surface area contributed by atoms with E-state index in [0.717, 1.165) is 11.1 Å². The molecule has 0 unspecified atom stereocenters. The monoisotopic (exact) mass is 332 g/mol. The van der Waals surface area contributed by atoms with Crippen LogP contribution in [-0.4, -0.2) is 23.3 Å². The Morgan fingerprint density at radius 2 is 2.00 bits per heavy atom. The predicted octanol–water partition coefficient (Wildman–Crippen LogP) is 3.27. The first-order valence-electron chi connectivity index (χ1n) is 7.00. The third-order valence-electron chi connectivity index (χ3n) is 3.09. The maximum absolute atomic E-state index is 12.0. The molecule has 0 spiro atoms. The van der Waals surface area contributed by atoms with Gasteiger partial charge in [-0.3, -0.25) is 4.79 Å². The lowest BCUT2D eigenvalue weighted by Gasteiger charge is -2.14. The number of aromatic hydroxyl groups is 1. The summed E-state index contributed by atoms with van der Waals surface area (Å²) >= 11 is 5.88. The molecule has 1 amide bonds. The molecule has 0 aliphatic heterocycles. The first-order chi connectivity index (χ1) is 11.0. The number of hydrogen-bond acceptors (Lipinski definition) is 4. The van der Waals surface area contributed by atoms with Gasteiger partial charge in [0.05, 0.1) is 6.21 Å². The van der Waals surface area contributed by atoms with Crippen molar-refractivity contribution in [2.45, 2.75) is 20.0 Å². The van der Waals surface area contributed by atoms with Crippen LogP contribution in [0.3, 0.4) is 0 Å². The van der Waals surface area contributed by atoms with Crippen molar-refractivity contribution < 1.29 is 14.6 Å². The Morgan fingerprint density at radius 1 is 1.30 bits per heavy atom. The lowest BCUT2D eigenvalue weighted by atomic mass is 10.2. The van der Waals surface area contributed by atoms with Gasteiger partial charge in [0.1, 0.15) is 11.5 Å². The summed E-state index contributed by atoms with van der Waals surface area (Å²) in [4.78, 5) is 12.0. The van der Waals surface area contributed by atoms with E-state index in [0.29, 0.717) is 10.8 Å². The van der Waals surface area contributed by atoms with Crippen LogP contribution in [0.25, 0.3) is 0 Å². The summed E-state index contributed by atoms with van der Waals surface area (Å²) in [6.45, 7) is 3.49. The number of amides is 1. The van der Waals surface area contributed by atoms with E-state index in [9.17, 15) is 9.90 Å². The Morgan fingerprint density at radius 3 is 2.65 bits per heavy atom. The zero-order valence-corrected chi connectivity index (χ0v) is 13.5. The number of benzene rings is 2. The van der Waals surface area contributed by atoms with Crippen LogP contribution in [0.5, 0.6) is 11.5 Å². The molecule has 0 aliphatic carbocycles. The van der Waals surface area contributed by atoms with Crippen molar-refractivity contribution in [2.24, 2.45) is 5.10 Å². The van der Waals surface area contributed by atoms with Gasteiger partial charge in [-0.05, 0) is 67.4 Å². The highest BCUT2D eigenvalue weighted by atomic mass is 35.5. The Balaban J connectivity index is 1.90. The molecule has 2 aromatic rings. The molecule has 6 heteroatoms. The van der Waals surface area contributed by atoms with E-state index in [1.807, 2.05) is 6.92 Å². The maximum Gasteiger partial charge on any atom is 0.280 e. The molecule has 0 aliphatic rings. The van der Waals surface area contributed by atoms with E-state index in [-0.39, 0.29) is 11.7 Å². The number of phenols is 1. The molecule has 0 bridgehead atoms. The number of nitrogens with one attached hydrogen (secondary N) is 1. The number of ether oxygens (including phenoxy) is 1. The van der Waals surface area contributed by atoms with Crippen molar-refractivity contribution in [3.8, 4) is 11.5 Å². The third-order valence-corrected chi connectivity index (χ3v) is 3.33. The van der Waals surface area contributed by atoms with E-state index in [1.54, 1.807) is 37.3 Å². The Kier molecular flexibility index (Phi) is 5.60. The Labute approximate surface area is 139 Å². The van der Waals surface area contributed by atoms with Crippen LogP contribution in [0, 0.1) is 6.92 Å². The standard InChI is InChI=1S/C17H17ClN2O3/c1-11-9-14(18)5-8-16(11)23-12(2)17(22)20-19-10-13-3-6-15(21)7-4-13/h3-10,12,21H,1-2H3,(H,20,22)/t12-/m1/s1. The van der Waals surface area contributed by atoms with Crippen molar-refractivity contribution in [2.75, 3.05) is 0 Å². The van der Waals surface area contributed by atoms with Gasteiger partial charge in [0.25, 0.3) is 5.91 Å². The molecule has 0 aromatic heterocycles. The largest absolute Gasteiger partial charge is 0.508 e. The van der Waals surface area contributed by atoms with Crippen molar-refractivity contribution >= 4 is 23.7 Å². The normalized spacial score (nSPS) is 12.1. The van der Waals surface area contributed by atoms with Gasteiger partial charge in [0.15, 0.2) is 6.10 Å². The summed E-state index contributed by atoms with van der Waals surface area (Å²) in [7, 11) is 0. The summed E-state index contributed by atoms with van der Waals surface area (Å²) in [5.41, 5.74) is 4.02. The summed E-state index contributed by atoms with van der Waals surface area (Å²) in [5, 5.41) is 13.7. The summed E-state index contributed by atoms with van der Waals surface area (Å²) in [6, 6.07) is 11.6. The number of carbonyl (C=O) groups is 1. The number of carbonyl (C=O) groups excluding carboxylic acids is 1. The zero-order chi connectivity index (χ0) is 16.8. The molecule has 23 heavy (non-hydrogen) atoms. The molecule has 0 fully saturated rings. The van der Waals surface area contributed by atoms with Crippen molar-refractivity contribution in [1.82, 2.24) is 5.43 Å². The van der Waals surface area contributed by atoms with Crippen LogP contribution in [0.1, 0.15) is 18.1 Å². The van der Waals surface area contributed by atoms with E-state index in [2.05, 4.69) is 10.5 Å². The van der Waals surface area contributed by atoms with Crippen LogP contribution >= 0.6 is 11.6 Å². The van der Waals surface area contributed by atoms with E-state index < -0.39 is 6.10 Å². The minimum atomic E-state index is -0.702. The van der Waals surface area contributed by atoms with Gasteiger partial charge in [-0.15, -0.1) is 0 Å². The average molecular weight is 333 g/mol. The lowest BCUT2D eigenvalue weighted by molar-refractivity contribution is -0.127. The number of halogens is 1. The maximum atomic E-state index is 12.0. The summed E-state index contributed by atoms with van der Waals surface area (Å²) in [6.07, 6.45) is 0.782. The second kappa shape index (κ2) is 7.65. The van der Waals surface area contributed by atoms with Crippen molar-refractivity contribution in [3.63, 3.8) is 0 Å². The first-order valence-corrected chi connectivity index (χ1v) is 7.38. The average Bonchev–Trinajstić information content (AvgIpc) is 2.51. The number of phenolic OH excluding ortho intramolecular Hbond substituents is 1. The molecule has 2 aromatic carbocycles.